The predicted octanol–water partition coefficient (Wildman–Crippen LogP) is 1.25. The number of carbonyl (C=O) groups excluding carboxylic acids is 5. The van der Waals surface area contributed by atoms with Crippen LogP contribution < -0.4 is 22.1 Å². The Morgan fingerprint density at radius 1 is 0.961 bits per heavy atom. The third-order valence-corrected chi connectivity index (χ3v) is 9.01. The Bertz CT molecular complexity index is 1640. The van der Waals surface area contributed by atoms with Crippen molar-refractivity contribution in [1.82, 2.24) is 15.5 Å². The Morgan fingerprint density at radius 2 is 1.63 bits per heavy atom. The lowest BCUT2D eigenvalue weighted by molar-refractivity contribution is -0.149. The van der Waals surface area contributed by atoms with Gasteiger partial charge in [0.25, 0.3) is 0 Å². The number of phenolic OH excluding ortho intramolecular Hbond substituents is 1. The summed E-state index contributed by atoms with van der Waals surface area (Å²) in [5, 5.41) is 15.8. The number of ether oxygens (including phenoxy) is 1. The molecule has 0 bridgehead atoms. The molecule has 0 spiro atoms. The zero-order valence-corrected chi connectivity index (χ0v) is 30.7. The fraction of sp³-hybridized carbons (Fsp3) is 0.528. The van der Waals surface area contributed by atoms with Gasteiger partial charge in [-0.1, -0.05) is 69.6 Å². The van der Waals surface area contributed by atoms with Crippen molar-refractivity contribution in [3.8, 4) is 5.75 Å². The third-order valence-electron chi connectivity index (χ3n) is 8.03. The minimum absolute atomic E-state index is 0.0288. The van der Waals surface area contributed by atoms with Crippen LogP contribution in [0.1, 0.15) is 70.9 Å². The predicted molar refractivity (Wildman–Crippen MR) is 193 cm³/mol. The zero-order chi connectivity index (χ0) is 39.1. The highest BCUT2D eigenvalue weighted by Gasteiger charge is 2.33. The van der Waals surface area contributed by atoms with Crippen molar-refractivity contribution in [2.45, 2.75) is 89.2 Å². The number of nitrogens with two attached hydrogens (primary N) is 2. The standard InChI is InChI=1S/C36H53N5O9S/c1-36(2,3)26-20-25(15-16-30(26)42)21-28(38)35(47)41(34(46)27(37)17-19-51(5,48)49)23-31(43)40-29(22-24-12-8-6-9-13-24)33(45)39-18-11-7-10-14-32(44)50-4/h6,8-9,12-13,15-16,20,27-29,42H,7,10-11,14,17-19,21-23,37-38H2,1-5H3,(H,39,45)(H,40,43)/t27-,28+,29+/m1/s1/i1D. The van der Waals surface area contributed by atoms with E-state index in [4.69, 9.17) is 12.8 Å². The van der Waals surface area contributed by atoms with Gasteiger partial charge in [0, 0.05) is 27.0 Å². The maximum atomic E-state index is 13.8. The van der Waals surface area contributed by atoms with Crippen LogP contribution in [-0.4, -0.2) is 98.4 Å². The van der Waals surface area contributed by atoms with E-state index >= 15 is 0 Å². The fourth-order valence-corrected chi connectivity index (χ4v) is 5.86. The number of amides is 4. The van der Waals surface area contributed by atoms with Gasteiger partial charge in [-0.2, -0.15) is 0 Å². The monoisotopic (exact) mass is 732 g/mol. The molecule has 2 aromatic carbocycles. The molecule has 0 aromatic heterocycles. The first-order valence-electron chi connectivity index (χ1n) is 17.4. The lowest BCUT2D eigenvalue weighted by atomic mass is 9.85. The summed E-state index contributed by atoms with van der Waals surface area (Å²) in [5.41, 5.74) is 13.4. The van der Waals surface area contributed by atoms with Crippen molar-refractivity contribution in [3.05, 3.63) is 65.2 Å². The Balaban J connectivity index is 2.29. The van der Waals surface area contributed by atoms with Gasteiger partial charge in [-0.15, -0.1) is 0 Å². The van der Waals surface area contributed by atoms with Crippen LogP contribution in [0.3, 0.4) is 0 Å². The maximum absolute atomic E-state index is 13.8. The first-order chi connectivity index (χ1) is 24.4. The Kier molecular flexibility index (Phi) is 16.0. The van der Waals surface area contributed by atoms with E-state index in [0.29, 0.717) is 35.3 Å². The van der Waals surface area contributed by atoms with Crippen LogP contribution in [0, 0.1) is 0 Å². The summed E-state index contributed by atoms with van der Waals surface area (Å²) in [4.78, 5) is 66.1. The lowest BCUT2D eigenvalue weighted by Gasteiger charge is -2.27. The zero-order valence-electron chi connectivity index (χ0n) is 30.9. The van der Waals surface area contributed by atoms with E-state index < -0.39 is 69.3 Å². The summed E-state index contributed by atoms with van der Waals surface area (Å²) < 4.78 is 36.0. The highest BCUT2D eigenvalue weighted by Crippen LogP contribution is 2.31. The number of methoxy groups -OCH3 is 1. The number of benzene rings is 2. The molecule has 2 rings (SSSR count). The second kappa shape index (κ2) is 19.9. The number of carbonyl (C=O) groups is 5. The Hall–Kier alpha value is -4.34. The number of rotatable bonds is 19. The molecule has 0 fully saturated rings. The molecule has 282 valence electrons. The average Bonchev–Trinajstić information content (AvgIpc) is 3.10. The van der Waals surface area contributed by atoms with Gasteiger partial charge in [-0.25, -0.2) is 8.42 Å². The average molecular weight is 733 g/mol. The number of nitrogens with zero attached hydrogens (tertiary/aromatic N) is 1. The van der Waals surface area contributed by atoms with Crippen LogP contribution >= 0.6 is 0 Å². The van der Waals surface area contributed by atoms with Crippen LogP contribution in [0.15, 0.2) is 48.5 Å². The number of nitrogens with one attached hydrogen (secondary N) is 2. The molecule has 14 nitrogen and oxygen atoms in total. The molecule has 7 N–H and O–H groups in total. The Morgan fingerprint density at radius 3 is 2.25 bits per heavy atom. The number of sulfone groups is 1. The van der Waals surface area contributed by atoms with Crippen molar-refractivity contribution in [2.24, 2.45) is 11.5 Å². The molecule has 0 radical (unpaired) electrons. The Labute approximate surface area is 302 Å². The number of esters is 1. The molecule has 0 saturated carbocycles. The van der Waals surface area contributed by atoms with E-state index in [9.17, 15) is 37.5 Å². The maximum Gasteiger partial charge on any atom is 0.305 e. The SMILES string of the molecule is [2H]CC(C)(C)c1cc(C[C@H](N)C(=O)N(CC(=O)N[C@@H](Cc2ccccc2)C(=O)NCCCCCC(=O)OC)C(=O)[C@H](N)CCS(C)(=O)=O)ccc1O. The summed E-state index contributed by atoms with van der Waals surface area (Å²) >= 11 is 0. The van der Waals surface area contributed by atoms with E-state index in [1.165, 1.54) is 13.2 Å². The molecule has 0 heterocycles. The fourth-order valence-electron chi connectivity index (χ4n) is 5.17. The largest absolute Gasteiger partial charge is 0.508 e. The number of aromatic hydroxyl groups is 1. The van der Waals surface area contributed by atoms with E-state index in [0.717, 1.165) is 11.8 Å². The molecule has 4 amide bonds. The highest BCUT2D eigenvalue weighted by molar-refractivity contribution is 7.90. The minimum atomic E-state index is -3.51. The van der Waals surface area contributed by atoms with Crippen LogP contribution in [0.2, 0.25) is 0 Å². The van der Waals surface area contributed by atoms with Crippen molar-refractivity contribution in [2.75, 3.05) is 32.2 Å². The van der Waals surface area contributed by atoms with Crippen molar-refractivity contribution in [1.29, 1.82) is 0 Å². The molecule has 2 aromatic rings. The summed E-state index contributed by atoms with van der Waals surface area (Å²) in [7, 11) is -2.20. The second-order valence-corrected chi connectivity index (χ2v) is 15.6. The van der Waals surface area contributed by atoms with Gasteiger partial charge in [0.05, 0.1) is 24.9 Å². The number of unbranched alkanes of at least 4 members (excludes halogenated alkanes) is 2. The van der Waals surface area contributed by atoms with Crippen LogP contribution in [0.4, 0.5) is 0 Å². The molecule has 51 heavy (non-hydrogen) atoms. The molecule has 0 unspecified atom stereocenters. The molecule has 3 atom stereocenters. The van der Waals surface area contributed by atoms with Crippen molar-refractivity contribution in [3.63, 3.8) is 0 Å². The van der Waals surface area contributed by atoms with Crippen molar-refractivity contribution < 1.29 is 43.6 Å². The van der Waals surface area contributed by atoms with Gasteiger partial charge in [0.1, 0.15) is 28.2 Å². The van der Waals surface area contributed by atoms with Crippen LogP contribution in [0.25, 0.3) is 0 Å². The molecule has 15 heteroatoms. The topological polar surface area (TPSA) is 228 Å². The number of hydrogen-bond donors (Lipinski definition) is 5. The molecule has 0 aliphatic carbocycles. The smallest absolute Gasteiger partial charge is 0.305 e. The summed E-state index contributed by atoms with van der Waals surface area (Å²) in [5.74, 6) is -4.13. The first kappa shape index (κ1) is 41.1. The lowest BCUT2D eigenvalue weighted by Crippen LogP contribution is -2.57. The highest BCUT2D eigenvalue weighted by atomic mass is 32.2. The first-order valence-corrected chi connectivity index (χ1v) is 18.8. The summed E-state index contributed by atoms with van der Waals surface area (Å²) in [6, 6.07) is 9.58. The van der Waals surface area contributed by atoms with Gasteiger partial charge in [-0.3, -0.25) is 28.9 Å². The number of hydrogen-bond acceptors (Lipinski definition) is 11. The van der Waals surface area contributed by atoms with E-state index in [1.54, 1.807) is 56.3 Å². The number of phenols is 1. The summed E-state index contributed by atoms with van der Waals surface area (Å²) in [6.45, 7) is 2.95. The van der Waals surface area contributed by atoms with Gasteiger partial charge in [-0.05, 0) is 53.9 Å². The number of imide groups is 1. The molecule has 0 aliphatic heterocycles. The normalized spacial score (nSPS) is 13.6. The van der Waals surface area contributed by atoms with E-state index in [2.05, 4.69) is 15.4 Å². The van der Waals surface area contributed by atoms with E-state index in [1.807, 2.05) is 0 Å². The second-order valence-electron chi connectivity index (χ2n) is 13.3. The van der Waals surface area contributed by atoms with Gasteiger partial charge < -0.3 is 31.9 Å². The molecular weight excluding hydrogens is 678 g/mol. The van der Waals surface area contributed by atoms with Gasteiger partial charge in [0.15, 0.2) is 0 Å². The quantitative estimate of drug-likeness (QED) is 0.102. The molecule has 0 aliphatic rings. The van der Waals surface area contributed by atoms with Gasteiger partial charge >= 0.3 is 5.97 Å². The van der Waals surface area contributed by atoms with Crippen LogP contribution in [0.5, 0.6) is 5.75 Å². The third kappa shape index (κ3) is 15.2. The molecular formula is C36H53N5O9S. The summed E-state index contributed by atoms with van der Waals surface area (Å²) in [6.07, 6.45) is 2.69. The van der Waals surface area contributed by atoms with Crippen molar-refractivity contribution >= 4 is 39.4 Å². The minimum Gasteiger partial charge on any atom is -0.508 e. The van der Waals surface area contributed by atoms with Gasteiger partial charge in [0.2, 0.25) is 23.6 Å². The van der Waals surface area contributed by atoms with E-state index in [-0.39, 0.29) is 50.8 Å². The van der Waals surface area contributed by atoms with Crippen LogP contribution in [-0.2, 0) is 56.8 Å². The molecule has 0 saturated heterocycles.